The first kappa shape index (κ1) is 15.8. The first-order valence-electron chi connectivity index (χ1n) is 8.24. The van der Waals surface area contributed by atoms with Gasteiger partial charge in [0.2, 0.25) is 5.91 Å². The first-order chi connectivity index (χ1) is 9.73. The SMILES string of the molecule is CCCC1CCCCN1C(=O)C1(COC)CCNCC1. The van der Waals surface area contributed by atoms with Crippen molar-refractivity contribution < 1.29 is 9.53 Å². The molecule has 20 heavy (non-hydrogen) atoms. The van der Waals surface area contributed by atoms with E-state index in [1.807, 2.05) is 0 Å². The number of rotatable bonds is 5. The van der Waals surface area contributed by atoms with Gasteiger partial charge in [0.15, 0.2) is 0 Å². The van der Waals surface area contributed by atoms with Gasteiger partial charge in [-0.3, -0.25) is 4.79 Å². The van der Waals surface area contributed by atoms with E-state index in [1.165, 1.54) is 12.8 Å². The van der Waals surface area contributed by atoms with Crippen molar-refractivity contribution in [1.82, 2.24) is 10.2 Å². The summed E-state index contributed by atoms with van der Waals surface area (Å²) in [5, 5.41) is 3.37. The van der Waals surface area contributed by atoms with E-state index >= 15 is 0 Å². The number of piperidine rings is 2. The molecule has 2 rings (SSSR count). The van der Waals surface area contributed by atoms with Crippen LogP contribution in [0, 0.1) is 5.41 Å². The highest BCUT2D eigenvalue weighted by Crippen LogP contribution is 2.34. The molecule has 1 atom stereocenters. The summed E-state index contributed by atoms with van der Waals surface area (Å²) in [6.45, 7) is 5.60. The van der Waals surface area contributed by atoms with Crippen LogP contribution in [0.3, 0.4) is 0 Å². The Kier molecular flexibility index (Phi) is 5.85. The second-order valence-corrected chi connectivity index (χ2v) is 6.40. The number of carbonyl (C=O) groups excluding carboxylic acids is 1. The molecule has 0 aromatic carbocycles. The molecular formula is C16H30N2O2. The summed E-state index contributed by atoms with van der Waals surface area (Å²) in [5.41, 5.74) is -0.274. The zero-order valence-electron chi connectivity index (χ0n) is 13.1. The Labute approximate surface area is 123 Å². The van der Waals surface area contributed by atoms with Crippen molar-refractivity contribution in [2.45, 2.75) is 57.9 Å². The Morgan fingerprint density at radius 1 is 1.35 bits per heavy atom. The van der Waals surface area contributed by atoms with Crippen LogP contribution in [0.1, 0.15) is 51.9 Å². The normalized spacial score (nSPS) is 26.5. The average Bonchev–Trinajstić information content (AvgIpc) is 2.49. The summed E-state index contributed by atoms with van der Waals surface area (Å²) < 4.78 is 5.42. The lowest BCUT2D eigenvalue weighted by molar-refractivity contribution is -0.151. The molecule has 0 saturated carbocycles. The third-order valence-corrected chi connectivity index (χ3v) is 4.94. The van der Waals surface area contributed by atoms with E-state index in [0.717, 1.165) is 51.7 Å². The van der Waals surface area contributed by atoms with E-state index in [4.69, 9.17) is 4.74 Å². The van der Waals surface area contributed by atoms with E-state index in [0.29, 0.717) is 18.6 Å². The summed E-state index contributed by atoms with van der Waals surface area (Å²) in [6.07, 6.45) is 7.74. The highest BCUT2D eigenvalue weighted by molar-refractivity contribution is 5.83. The summed E-state index contributed by atoms with van der Waals surface area (Å²) in [7, 11) is 1.72. The van der Waals surface area contributed by atoms with Crippen LogP contribution >= 0.6 is 0 Å². The van der Waals surface area contributed by atoms with Gasteiger partial charge in [0.05, 0.1) is 12.0 Å². The van der Waals surface area contributed by atoms with Crippen LogP contribution in [0.4, 0.5) is 0 Å². The lowest BCUT2D eigenvalue weighted by Crippen LogP contribution is -2.55. The fourth-order valence-electron chi connectivity index (χ4n) is 3.81. The van der Waals surface area contributed by atoms with Crippen LogP contribution in [-0.2, 0) is 9.53 Å². The Hall–Kier alpha value is -0.610. The lowest BCUT2D eigenvalue weighted by atomic mass is 9.77. The summed E-state index contributed by atoms with van der Waals surface area (Å²) in [6, 6.07) is 0.463. The minimum atomic E-state index is -0.274. The third-order valence-electron chi connectivity index (χ3n) is 4.94. The molecule has 0 aliphatic carbocycles. The van der Waals surface area contributed by atoms with E-state index in [1.54, 1.807) is 7.11 Å². The van der Waals surface area contributed by atoms with Gasteiger partial charge < -0.3 is 15.0 Å². The maximum Gasteiger partial charge on any atom is 0.231 e. The molecule has 0 spiro atoms. The van der Waals surface area contributed by atoms with Crippen LogP contribution in [-0.4, -0.2) is 50.2 Å². The highest BCUT2D eigenvalue weighted by Gasteiger charge is 2.44. The Balaban J connectivity index is 2.12. The zero-order chi connectivity index (χ0) is 14.4. The average molecular weight is 282 g/mol. The molecule has 1 N–H and O–H groups in total. The van der Waals surface area contributed by atoms with Crippen molar-refractivity contribution in [3.63, 3.8) is 0 Å². The van der Waals surface area contributed by atoms with Crippen LogP contribution in [0.2, 0.25) is 0 Å². The van der Waals surface area contributed by atoms with Crippen LogP contribution in [0.15, 0.2) is 0 Å². The van der Waals surface area contributed by atoms with Crippen molar-refractivity contribution in [3.8, 4) is 0 Å². The predicted octanol–water partition coefficient (Wildman–Crippen LogP) is 2.18. The van der Waals surface area contributed by atoms with Gasteiger partial charge in [-0.2, -0.15) is 0 Å². The Morgan fingerprint density at radius 2 is 2.10 bits per heavy atom. The van der Waals surface area contributed by atoms with Gasteiger partial charge in [0.1, 0.15) is 0 Å². The third kappa shape index (κ3) is 3.34. The van der Waals surface area contributed by atoms with Crippen LogP contribution in [0.5, 0.6) is 0 Å². The fourth-order valence-corrected chi connectivity index (χ4v) is 3.81. The van der Waals surface area contributed by atoms with E-state index in [2.05, 4.69) is 17.1 Å². The largest absolute Gasteiger partial charge is 0.384 e. The molecule has 0 bridgehead atoms. The molecule has 1 amide bonds. The van der Waals surface area contributed by atoms with Gasteiger partial charge in [0, 0.05) is 19.7 Å². The maximum atomic E-state index is 13.2. The van der Waals surface area contributed by atoms with Crippen molar-refractivity contribution >= 4 is 5.91 Å². The fraction of sp³-hybridized carbons (Fsp3) is 0.938. The van der Waals surface area contributed by atoms with Crippen LogP contribution < -0.4 is 5.32 Å². The van der Waals surface area contributed by atoms with E-state index in [9.17, 15) is 4.79 Å². The van der Waals surface area contributed by atoms with Gasteiger partial charge in [-0.25, -0.2) is 0 Å². The summed E-state index contributed by atoms with van der Waals surface area (Å²) >= 11 is 0. The predicted molar refractivity (Wildman–Crippen MR) is 80.7 cm³/mol. The number of hydrogen-bond acceptors (Lipinski definition) is 3. The monoisotopic (exact) mass is 282 g/mol. The number of carbonyl (C=O) groups is 1. The summed E-state index contributed by atoms with van der Waals surface area (Å²) in [5.74, 6) is 0.360. The van der Waals surface area contributed by atoms with Crippen molar-refractivity contribution in [3.05, 3.63) is 0 Å². The Morgan fingerprint density at radius 3 is 2.75 bits per heavy atom. The molecule has 2 saturated heterocycles. The Bertz CT molecular complexity index is 306. The highest BCUT2D eigenvalue weighted by atomic mass is 16.5. The van der Waals surface area contributed by atoms with Gasteiger partial charge in [-0.15, -0.1) is 0 Å². The zero-order valence-corrected chi connectivity index (χ0v) is 13.1. The van der Waals surface area contributed by atoms with Gasteiger partial charge in [-0.1, -0.05) is 13.3 Å². The first-order valence-corrected chi connectivity index (χ1v) is 8.24. The van der Waals surface area contributed by atoms with Gasteiger partial charge in [-0.05, 0) is 51.6 Å². The van der Waals surface area contributed by atoms with Crippen molar-refractivity contribution in [2.24, 2.45) is 5.41 Å². The number of methoxy groups -OCH3 is 1. The smallest absolute Gasteiger partial charge is 0.231 e. The number of likely N-dealkylation sites (tertiary alicyclic amines) is 1. The van der Waals surface area contributed by atoms with E-state index < -0.39 is 0 Å². The van der Waals surface area contributed by atoms with Gasteiger partial charge >= 0.3 is 0 Å². The number of ether oxygens (including phenoxy) is 1. The molecule has 2 fully saturated rings. The molecule has 0 radical (unpaired) electrons. The maximum absolute atomic E-state index is 13.2. The molecule has 116 valence electrons. The summed E-state index contributed by atoms with van der Waals surface area (Å²) in [4.78, 5) is 15.4. The minimum absolute atomic E-state index is 0.274. The second kappa shape index (κ2) is 7.41. The van der Waals surface area contributed by atoms with Crippen LogP contribution in [0.25, 0.3) is 0 Å². The molecule has 4 nitrogen and oxygen atoms in total. The molecule has 2 heterocycles. The van der Waals surface area contributed by atoms with Crippen molar-refractivity contribution in [1.29, 1.82) is 0 Å². The topological polar surface area (TPSA) is 41.6 Å². The number of nitrogens with one attached hydrogen (secondary N) is 1. The second-order valence-electron chi connectivity index (χ2n) is 6.40. The number of hydrogen-bond donors (Lipinski definition) is 1. The number of nitrogens with zero attached hydrogens (tertiary/aromatic N) is 1. The van der Waals surface area contributed by atoms with Gasteiger partial charge in [0.25, 0.3) is 0 Å². The molecule has 4 heteroatoms. The molecular weight excluding hydrogens is 252 g/mol. The molecule has 0 aromatic heterocycles. The molecule has 2 aliphatic heterocycles. The lowest BCUT2D eigenvalue weighted by Gasteiger charge is -2.44. The number of amides is 1. The molecule has 2 aliphatic rings. The standard InChI is InChI=1S/C16H30N2O2/c1-3-6-14-7-4-5-12-18(14)15(19)16(13-20-2)8-10-17-11-9-16/h14,17H,3-13H2,1-2H3. The van der Waals surface area contributed by atoms with E-state index in [-0.39, 0.29) is 5.41 Å². The van der Waals surface area contributed by atoms with Crippen molar-refractivity contribution in [2.75, 3.05) is 33.4 Å². The minimum Gasteiger partial charge on any atom is -0.384 e. The molecule has 0 aromatic rings. The molecule has 1 unspecified atom stereocenters. The quantitative estimate of drug-likeness (QED) is 0.840.